The number of aryl methyl sites for hydroxylation is 1. The van der Waals surface area contributed by atoms with Crippen LogP contribution >= 0.6 is 0 Å². The molecule has 1 saturated carbocycles. The molecule has 0 bridgehead atoms. The Hall–Kier alpha value is -3.11. The van der Waals surface area contributed by atoms with E-state index in [0.29, 0.717) is 36.0 Å². The van der Waals surface area contributed by atoms with E-state index in [0.717, 1.165) is 12.3 Å². The Morgan fingerprint density at radius 1 is 1.28 bits per heavy atom. The van der Waals surface area contributed by atoms with Crippen LogP contribution in [0.2, 0.25) is 0 Å². The number of ether oxygens (including phenoxy) is 1. The number of amides is 1. The monoisotopic (exact) mass is 450 g/mol. The van der Waals surface area contributed by atoms with Gasteiger partial charge in [-0.25, -0.2) is 4.98 Å². The van der Waals surface area contributed by atoms with Crippen molar-refractivity contribution < 1.29 is 22.7 Å². The molecule has 0 aromatic carbocycles. The van der Waals surface area contributed by atoms with Crippen LogP contribution in [0, 0.1) is 12.8 Å². The van der Waals surface area contributed by atoms with Crippen LogP contribution in [0.3, 0.4) is 0 Å². The highest BCUT2D eigenvalue weighted by Gasteiger charge is 2.37. The third-order valence-electron chi connectivity index (χ3n) is 5.72. The molecule has 2 N–H and O–H groups in total. The maximum Gasteiger partial charge on any atom is 0.433 e. The minimum atomic E-state index is -4.51. The largest absolute Gasteiger partial charge is 0.490 e. The Balaban J connectivity index is 1.40. The maximum atomic E-state index is 12.8. The van der Waals surface area contributed by atoms with Gasteiger partial charge < -0.3 is 20.3 Å². The van der Waals surface area contributed by atoms with Gasteiger partial charge in [-0.2, -0.15) is 18.2 Å². The van der Waals surface area contributed by atoms with Gasteiger partial charge in [0.25, 0.3) is 0 Å². The summed E-state index contributed by atoms with van der Waals surface area (Å²) in [5, 5.41) is 6.17. The molecule has 2 aromatic heterocycles. The number of likely N-dealkylation sites (N-methyl/N-ethyl adjacent to an activating group) is 1. The van der Waals surface area contributed by atoms with Gasteiger partial charge in [0.1, 0.15) is 29.3 Å². The fourth-order valence-corrected chi connectivity index (χ4v) is 4.07. The van der Waals surface area contributed by atoms with Gasteiger partial charge in [0, 0.05) is 38.2 Å². The molecular formula is C21H25F3N6O2. The molecular weight excluding hydrogens is 425 g/mol. The van der Waals surface area contributed by atoms with E-state index in [1.54, 1.807) is 0 Å². The van der Waals surface area contributed by atoms with Crippen LogP contribution in [0.1, 0.15) is 38.1 Å². The van der Waals surface area contributed by atoms with E-state index < -0.39 is 11.9 Å². The van der Waals surface area contributed by atoms with Crippen molar-refractivity contribution in [2.45, 2.75) is 58.0 Å². The molecule has 1 aliphatic carbocycles. The number of fused-ring (bicyclic) bond motifs is 1. The van der Waals surface area contributed by atoms with Crippen molar-refractivity contribution in [3.63, 3.8) is 0 Å². The molecule has 1 amide bonds. The van der Waals surface area contributed by atoms with Gasteiger partial charge in [-0.15, -0.1) is 0 Å². The van der Waals surface area contributed by atoms with Crippen molar-refractivity contribution in [3.8, 4) is 5.75 Å². The molecule has 0 saturated heterocycles. The average molecular weight is 450 g/mol. The van der Waals surface area contributed by atoms with Gasteiger partial charge in [0.15, 0.2) is 5.82 Å². The topological polar surface area (TPSA) is 92.3 Å². The highest BCUT2D eigenvalue weighted by atomic mass is 19.4. The van der Waals surface area contributed by atoms with E-state index in [1.807, 2.05) is 32.7 Å². The molecule has 3 heterocycles. The molecule has 0 radical (unpaired) electrons. The van der Waals surface area contributed by atoms with Gasteiger partial charge in [-0.3, -0.25) is 9.78 Å². The van der Waals surface area contributed by atoms with Gasteiger partial charge in [-0.05, 0) is 18.9 Å². The Labute approximate surface area is 183 Å². The second kappa shape index (κ2) is 8.10. The molecule has 1 aliphatic heterocycles. The lowest BCUT2D eigenvalue weighted by atomic mass is 9.89. The van der Waals surface area contributed by atoms with E-state index in [1.165, 1.54) is 6.07 Å². The zero-order valence-corrected chi connectivity index (χ0v) is 18.2. The summed E-state index contributed by atoms with van der Waals surface area (Å²) in [6.07, 6.45) is -2.42. The predicted octanol–water partition coefficient (Wildman–Crippen LogP) is 3.63. The lowest BCUT2D eigenvalue weighted by Gasteiger charge is -2.38. The third-order valence-corrected chi connectivity index (χ3v) is 5.72. The van der Waals surface area contributed by atoms with E-state index in [9.17, 15) is 18.0 Å². The second-order valence-electron chi connectivity index (χ2n) is 8.55. The number of anilines is 3. The van der Waals surface area contributed by atoms with Crippen molar-refractivity contribution in [2.75, 3.05) is 22.6 Å². The van der Waals surface area contributed by atoms with E-state index in [4.69, 9.17) is 4.74 Å². The average Bonchev–Trinajstić information content (AvgIpc) is 2.66. The van der Waals surface area contributed by atoms with E-state index >= 15 is 0 Å². The first-order chi connectivity index (χ1) is 15.0. The van der Waals surface area contributed by atoms with Crippen LogP contribution < -0.4 is 20.3 Å². The number of hydrogen-bond donors (Lipinski definition) is 2. The third kappa shape index (κ3) is 4.28. The molecule has 172 valence electrons. The van der Waals surface area contributed by atoms with Gasteiger partial charge in [0.05, 0.1) is 5.69 Å². The highest BCUT2D eigenvalue weighted by molar-refractivity contribution is 6.03. The number of alkyl halides is 3. The summed E-state index contributed by atoms with van der Waals surface area (Å²) < 4.78 is 44.1. The highest BCUT2D eigenvalue weighted by Crippen LogP contribution is 2.36. The second-order valence-corrected chi connectivity index (χ2v) is 8.55. The molecule has 1 atom stereocenters. The zero-order chi connectivity index (χ0) is 23.2. The summed E-state index contributed by atoms with van der Waals surface area (Å²) in [5.74, 6) is 1.27. The first-order valence-corrected chi connectivity index (χ1v) is 10.4. The van der Waals surface area contributed by atoms with Crippen LogP contribution in [0.4, 0.5) is 30.6 Å². The SMILES string of the molecule is Cc1nc(N[C@H]2C[C@H](Oc3ccnc(C(F)(F)F)c3)C2)nc2c1NC(=O)[C@H](C(C)C)N2C. The Morgan fingerprint density at radius 2 is 2.00 bits per heavy atom. The lowest BCUT2D eigenvalue weighted by Crippen LogP contribution is -2.50. The lowest BCUT2D eigenvalue weighted by molar-refractivity contribution is -0.141. The number of carbonyl (C=O) groups excluding carboxylic acids is 1. The van der Waals surface area contributed by atoms with Crippen molar-refractivity contribution in [2.24, 2.45) is 5.92 Å². The number of carbonyl (C=O) groups is 1. The van der Waals surface area contributed by atoms with Crippen LogP contribution in [-0.4, -0.2) is 46.1 Å². The number of aromatic nitrogens is 3. The molecule has 2 aliphatic rings. The number of pyridine rings is 1. The first kappa shape index (κ1) is 22.1. The van der Waals surface area contributed by atoms with Crippen molar-refractivity contribution in [3.05, 3.63) is 29.7 Å². The predicted molar refractivity (Wildman–Crippen MR) is 113 cm³/mol. The molecule has 2 aromatic rings. The normalized spacial score (nSPS) is 22.8. The quantitative estimate of drug-likeness (QED) is 0.719. The number of halogens is 3. The molecule has 32 heavy (non-hydrogen) atoms. The summed E-state index contributed by atoms with van der Waals surface area (Å²) in [6.45, 7) is 5.77. The number of rotatable bonds is 5. The Bertz CT molecular complexity index is 1020. The summed E-state index contributed by atoms with van der Waals surface area (Å²) in [5.41, 5.74) is 0.286. The Morgan fingerprint density at radius 3 is 2.66 bits per heavy atom. The van der Waals surface area contributed by atoms with Crippen molar-refractivity contribution in [1.82, 2.24) is 15.0 Å². The number of nitrogens with zero attached hydrogens (tertiary/aromatic N) is 4. The summed E-state index contributed by atoms with van der Waals surface area (Å²) >= 11 is 0. The fraction of sp³-hybridized carbons (Fsp3) is 0.524. The number of nitrogens with one attached hydrogen (secondary N) is 2. The minimum Gasteiger partial charge on any atom is -0.490 e. The molecule has 4 rings (SSSR count). The number of hydrogen-bond acceptors (Lipinski definition) is 7. The zero-order valence-electron chi connectivity index (χ0n) is 18.2. The van der Waals surface area contributed by atoms with Gasteiger partial charge in [-0.1, -0.05) is 13.8 Å². The van der Waals surface area contributed by atoms with Gasteiger partial charge >= 0.3 is 6.18 Å². The summed E-state index contributed by atoms with van der Waals surface area (Å²) in [7, 11) is 1.84. The van der Waals surface area contributed by atoms with Crippen LogP contribution in [0.25, 0.3) is 0 Å². The smallest absolute Gasteiger partial charge is 0.433 e. The van der Waals surface area contributed by atoms with Gasteiger partial charge in [0.2, 0.25) is 11.9 Å². The standard InChI is InChI=1S/C21H25F3N6O2/c1-10(2)17-19(31)28-16-11(3)26-20(29-18(16)30(17)4)27-12-7-14(8-12)32-13-5-6-25-15(9-13)21(22,23)24/h5-6,9-10,12,14,17H,7-8H2,1-4H3,(H,28,31)(H,26,27,29)/t12-,14-,17-/m0/s1. The molecule has 0 spiro atoms. The van der Waals surface area contributed by atoms with E-state index in [-0.39, 0.29) is 35.8 Å². The summed E-state index contributed by atoms with van der Waals surface area (Å²) in [6, 6.07) is 2.03. The molecule has 1 fully saturated rings. The van der Waals surface area contributed by atoms with Crippen LogP contribution in [0.15, 0.2) is 18.3 Å². The van der Waals surface area contributed by atoms with E-state index in [2.05, 4.69) is 25.6 Å². The Kier molecular flexibility index (Phi) is 5.59. The minimum absolute atomic E-state index is 0.0331. The molecule has 8 nitrogen and oxygen atoms in total. The maximum absolute atomic E-state index is 12.8. The first-order valence-electron chi connectivity index (χ1n) is 10.4. The molecule has 0 unspecified atom stereocenters. The van der Waals surface area contributed by atoms with Crippen molar-refractivity contribution in [1.29, 1.82) is 0 Å². The fourth-order valence-electron chi connectivity index (χ4n) is 4.07. The van der Waals surface area contributed by atoms with Crippen molar-refractivity contribution >= 4 is 23.4 Å². The van der Waals surface area contributed by atoms with Crippen LogP contribution in [-0.2, 0) is 11.0 Å². The molecule has 11 heteroatoms. The van der Waals surface area contributed by atoms with Crippen LogP contribution in [0.5, 0.6) is 5.75 Å². The summed E-state index contributed by atoms with van der Waals surface area (Å²) in [4.78, 5) is 26.7.